The van der Waals surface area contributed by atoms with E-state index in [-0.39, 0.29) is 11.9 Å². The van der Waals surface area contributed by atoms with Gasteiger partial charge in [-0.25, -0.2) is 9.97 Å². The van der Waals surface area contributed by atoms with Crippen molar-refractivity contribution < 1.29 is 4.79 Å². The molecule has 1 atom stereocenters. The third-order valence-electron chi connectivity index (χ3n) is 2.91. The molecular formula is C11H17N5O. The van der Waals surface area contributed by atoms with Gasteiger partial charge in [-0.1, -0.05) is 0 Å². The monoisotopic (exact) mass is 235 g/mol. The van der Waals surface area contributed by atoms with Gasteiger partial charge in [-0.2, -0.15) is 0 Å². The van der Waals surface area contributed by atoms with E-state index in [0.29, 0.717) is 5.95 Å². The Bertz CT molecular complexity index is 391. The predicted molar refractivity (Wildman–Crippen MR) is 64.4 cm³/mol. The summed E-state index contributed by atoms with van der Waals surface area (Å²) >= 11 is 0. The Hall–Kier alpha value is -1.69. The molecule has 0 bridgehead atoms. The smallest absolute Gasteiger partial charge is 0.240 e. The second-order valence-electron chi connectivity index (χ2n) is 4.18. The molecule has 6 nitrogen and oxygen atoms in total. The van der Waals surface area contributed by atoms with Crippen molar-refractivity contribution in [3.8, 4) is 0 Å². The summed E-state index contributed by atoms with van der Waals surface area (Å²) in [6.07, 6.45) is 5.29. The number of rotatable bonds is 4. The van der Waals surface area contributed by atoms with E-state index < -0.39 is 0 Å². The van der Waals surface area contributed by atoms with Gasteiger partial charge in [0.15, 0.2) is 0 Å². The van der Waals surface area contributed by atoms with Crippen LogP contribution in [0.4, 0.5) is 5.95 Å². The molecule has 0 aliphatic carbocycles. The molecule has 1 aromatic rings. The zero-order valence-corrected chi connectivity index (χ0v) is 9.89. The number of carbonyl (C=O) groups excluding carboxylic acids is 1. The third kappa shape index (κ3) is 2.52. The summed E-state index contributed by atoms with van der Waals surface area (Å²) in [5.74, 6) is 0.288. The van der Waals surface area contributed by atoms with Crippen molar-refractivity contribution in [2.45, 2.75) is 25.4 Å². The standard InChI is InChI=1S/C11H17N5O/c1-13-5-8-6-14-11(15-7-8)16-4-2-3-9(16)10(12)17/h6-7,9,13H,2-5H2,1H3,(H2,12,17). The fourth-order valence-corrected chi connectivity index (χ4v) is 2.09. The molecule has 0 radical (unpaired) electrons. The van der Waals surface area contributed by atoms with Gasteiger partial charge in [-0.05, 0) is 19.9 Å². The molecule has 1 saturated heterocycles. The van der Waals surface area contributed by atoms with Crippen molar-refractivity contribution in [2.75, 3.05) is 18.5 Å². The lowest BCUT2D eigenvalue weighted by molar-refractivity contribution is -0.119. The molecule has 0 saturated carbocycles. The number of hydrogen-bond acceptors (Lipinski definition) is 5. The molecule has 1 unspecified atom stereocenters. The van der Waals surface area contributed by atoms with Gasteiger partial charge in [-0.3, -0.25) is 4.79 Å². The van der Waals surface area contributed by atoms with Crippen LogP contribution in [-0.2, 0) is 11.3 Å². The van der Waals surface area contributed by atoms with Crippen molar-refractivity contribution >= 4 is 11.9 Å². The number of hydrogen-bond donors (Lipinski definition) is 2. The van der Waals surface area contributed by atoms with Gasteiger partial charge < -0.3 is 16.0 Å². The normalized spacial score (nSPS) is 19.6. The minimum absolute atomic E-state index is 0.259. The first-order valence-corrected chi connectivity index (χ1v) is 5.74. The van der Waals surface area contributed by atoms with E-state index in [1.807, 2.05) is 11.9 Å². The molecule has 2 heterocycles. The highest BCUT2D eigenvalue weighted by atomic mass is 16.1. The van der Waals surface area contributed by atoms with Gasteiger partial charge >= 0.3 is 0 Å². The van der Waals surface area contributed by atoms with Gasteiger partial charge in [0.25, 0.3) is 0 Å². The summed E-state index contributed by atoms with van der Waals surface area (Å²) in [5.41, 5.74) is 6.38. The summed E-state index contributed by atoms with van der Waals surface area (Å²) in [6, 6.07) is -0.259. The Kier molecular flexibility index (Phi) is 3.53. The number of nitrogens with zero attached hydrogens (tertiary/aromatic N) is 3. The first-order chi connectivity index (χ1) is 8.22. The first kappa shape index (κ1) is 11.8. The molecule has 3 N–H and O–H groups in total. The fourth-order valence-electron chi connectivity index (χ4n) is 2.09. The molecular weight excluding hydrogens is 218 g/mol. The lowest BCUT2D eigenvalue weighted by atomic mass is 10.2. The van der Waals surface area contributed by atoms with E-state index in [2.05, 4.69) is 15.3 Å². The minimum atomic E-state index is -0.301. The number of carbonyl (C=O) groups is 1. The predicted octanol–water partition coefficient (Wildman–Crippen LogP) is -0.350. The van der Waals surface area contributed by atoms with E-state index in [1.165, 1.54) is 0 Å². The first-order valence-electron chi connectivity index (χ1n) is 5.74. The highest BCUT2D eigenvalue weighted by molar-refractivity contribution is 5.83. The number of anilines is 1. The average molecular weight is 235 g/mol. The van der Waals surface area contributed by atoms with Crippen LogP contribution in [0.15, 0.2) is 12.4 Å². The number of nitrogens with one attached hydrogen (secondary N) is 1. The van der Waals surface area contributed by atoms with Crippen LogP contribution in [-0.4, -0.2) is 35.5 Å². The average Bonchev–Trinajstić information content (AvgIpc) is 2.79. The van der Waals surface area contributed by atoms with Crippen LogP contribution in [0.25, 0.3) is 0 Å². The summed E-state index contributed by atoms with van der Waals surface area (Å²) in [6.45, 7) is 1.53. The molecule has 17 heavy (non-hydrogen) atoms. The van der Waals surface area contributed by atoms with E-state index in [9.17, 15) is 4.79 Å². The van der Waals surface area contributed by atoms with Crippen LogP contribution in [0.1, 0.15) is 18.4 Å². The Morgan fingerprint density at radius 1 is 1.59 bits per heavy atom. The summed E-state index contributed by atoms with van der Waals surface area (Å²) in [5, 5.41) is 3.03. The van der Waals surface area contributed by atoms with Crippen LogP contribution in [0.3, 0.4) is 0 Å². The zero-order chi connectivity index (χ0) is 12.3. The van der Waals surface area contributed by atoms with E-state index in [1.54, 1.807) is 12.4 Å². The highest BCUT2D eigenvalue weighted by Crippen LogP contribution is 2.21. The van der Waals surface area contributed by atoms with Gasteiger partial charge in [-0.15, -0.1) is 0 Å². The lowest BCUT2D eigenvalue weighted by Gasteiger charge is -2.21. The van der Waals surface area contributed by atoms with Gasteiger partial charge in [0.2, 0.25) is 11.9 Å². The molecule has 0 aromatic carbocycles. The minimum Gasteiger partial charge on any atom is -0.368 e. The fraction of sp³-hybridized carbons (Fsp3) is 0.545. The van der Waals surface area contributed by atoms with Crippen LogP contribution in [0, 0.1) is 0 Å². The Balaban J connectivity index is 2.13. The van der Waals surface area contributed by atoms with Crippen molar-refractivity contribution in [1.29, 1.82) is 0 Å². The lowest BCUT2D eigenvalue weighted by Crippen LogP contribution is -2.41. The van der Waals surface area contributed by atoms with Gasteiger partial charge in [0, 0.05) is 31.0 Å². The Labute approximate surface area is 100 Å². The number of amides is 1. The molecule has 0 spiro atoms. The summed E-state index contributed by atoms with van der Waals surface area (Å²) < 4.78 is 0. The molecule has 1 aromatic heterocycles. The molecule has 1 aliphatic heterocycles. The largest absolute Gasteiger partial charge is 0.368 e. The van der Waals surface area contributed by atoms with Crippen molar-refractivity contribution in [1.82, 2.24) is 15.3 Å². The van der Waals surface area contributed by atoms with Crippen molar-refractivity contribution in [3.63, 3.8) is 0 Å². The zero-order valence-electron chi connectivity index (χ0n) is 9.89. The van der Waals surface area contributed by atoms with Crippen LogP contribution in [0.5, 0.6) is 0 Å². The van der Waals surface area contributed by atoms with Crippen LogP contribution < -0.4 is 16.0 Å². The Morgan fingerprint density at radius 2 is 2.29 bits per heavy atom. The molecule has 6 heteroatoms. The van der Waals surface area contributed by atoms with Crippen LogP contribution in [0.2, 0.25) is 0 Å². The maximum atomic E-state index is 11.3. The second-order valence-corrected chi connectivity index (χ2v) is 4.18. The molecule has 2 rings (SSSR count). The third-order valence-corrected chi connectivity index (χ3v) is 2.91. The molecule has 1 aliphatic rings. The number of aromatic nitrogens is 2. The van der Waals surface area contributed by atoms with E-state index in [0.717, 1.165) is 31.5 Å². The van der Waals surface area contributed by atoms with Crippen molar-refractivity contribution in [2.24, 2.45) is 5.73 Å². The SMILES string of the molecule is CNCc1cnc(N2CCCC2C(N)=O)nc1. The number of primary amides is 1. The highest BCUT2D eigenvalue weighted by Gasteiger charge is 2.30. The summed E-state index contributed by atoms with van der Waals surface area (Å²) in [4.78, 5) is 21.7. The number of nitrogens with two attached hydrogens (primary N) is 1. The maximum Gasteiger partial charge on any atom is 0.240 e. The topological polar surface area (TPSA) is 84.1 Å². The molecule has 1 fully saturated rings. The Morgan fingerprint density at radius 3 is 2.88 bits per heavy atom. The van der Waals surface area contributed by atoms with Crippen LogP contribution >= 0.6 is 0 Å². The maximum absolute atomic E-state index is 11.3. The van der Waals surface area contributed by atoms with E-state index in [4.69, 9.17) is 5.73 Å². The molecule has 1 amide bonds. The quantitative estimate of drug-likeness (QED) is 0.745. The van der Waals surface area contributed by atoms with Gasteiger partial charge in [0.1, 0.15) is 6.04 Å². The van der Waals surface area contributed by atoms with Crippen molar-refractivity contribution in [3.05, 3.63) is 18.0 Å². The molecule has 92 valence electrons. The summed E-state index contributed by atoms with van der Waals surface area (Å²) in [7, 11) is 1.87. The van der Waals surface area contributed by atoms with Gasteiger partial charge in [0.05, 0.1) is 0 Å². The van der Waals surface area contributed by atoms with E-state index >= 15 is 0 Å². The second kappa shape index (κ2) is 5.09.